The molecule has 10 heteroatoms. The Morgan fingerprint density at radius 3 is 2.24 bits per heavy atom. The number of anilines is 2. The van der Waals surface area contributed by atoms with Crippen LogP contribution in [0, 0.1) is 42.6 Å². The van der Waals surface area contributed by atoms with Crippen molar-refractivity contribution in [1.29, 1.82) is 0 Å². The van der Waals surface area contributed by atoms with Crippen LogP contribution < -0.4 is 10.2 Å². The van der Waals surface area contributed by atoms with Crippen LogP contribution in [0.5, 0.6) is 0 Å². The molecule has 0 saturated carbocycles. The van der Waals surface area contributed by atoms with Gasteiger partial charge in [-0.2, -0.15) is 0 Å². The summed E-state index contributed by atoms with van der Waals surface area (Å²) >= 11 is 0. The third-order valence-electron chi connectivity index (χ3n) is 8.43. The molecule has 1 unspecified atom stereocenters. The van der Waals surface area contributed by atoms with E-state index >= 15 is 0 Å². The van der Waals surface area contributed by atoms with Crippen LogP contribution in [0.1, 0.15) is 57.8 Å². The first-order chi connectivity index (χ1) is 20.0. The Morgan fingerprint density at radius 1 is 0.976 bits per heavy atom. The number of likely N-dealkylation sites (tertiary alicyclic amines) is 1. The van der Waals surface area contributed by atoms with Gasteiger partial charge in [0.1, 0.15) is 5.82 Å². The largest absolute Gasteiger partial charge is 0.339 e. The molecular weight excluding hydrogens is 539 g/mol. The van der Waals surface area contributed by atoms with Crippen LogP contribution in [0.15, 0.2) is 54.6 Å². The highest BCUT2D eigenvalue weighted by Crippen LogP contribution is 2.33. The van der Waals surface area contributed by atoms with Crippen molar-refractivity contribution in [1.82, 2.24) is 4.90 Å². The SMILES string of the molecule is Cc1cccc(C)c1N1CC(C(=O)Nc2ccc(C3CCN(C(=O)c4c(F)ccc([N+](=O)[O-])c4C)CC3)cc2)CC1=O. The molecule has 0 spiro atoms. The summed E-state index contributed by atoms with van der Waals surface area (Å²) in [7, 11) is 0. The normalized spacial score (nSPS) is 17.4. The number of rotatable bonds is 6. The smallest absolute Gasteiger partial charge is 0.273 e. The predicted octanol–water partition coefficient (Wildman–Crippen LogP) is 5.67. The number of halogens is 1. The van der Waals surface area contributed by atoms with Gasteiger partial charge >= 0.3 is 0 Å². The van der Waals surface area contributed by atoms with E-state index in [0.29, 0.717) is 38.2 Å². The molecular formula is C32H33FN4O5. The van der Waals surface area contributed by atoms with Crippen molar-refractivity contribution in [2.45, 2.75) is 46.0 Å². The molecule has 3 aromatic rings. The molecule has 5 rings (SSSR count). The molecule has 0 aromatic heterocycles. The Hall–Kier alpha value is -4.60. The minimum absolute atomic E-state index is 0.0322. The molecule has 42 heavy (non-hydrogen) atoms. The monoisotopic (exact) mass is 572 g/mol. The zero-order valence-electron chi connectivity index (χ0n) is 23.9. The highest BCUT2D eigenvalue weighted by Gasteiger charge is 2.36. The van der Waals surface area contributed by atoms with E-state index < -0.39 is 22.6 Å². The number of nitro groups is 1. The number of benzene rings is 3. The number of carbonyl (C=O) groups is 3. The van der Waals surface area contributed by atoms with Gasteiger partial charge in [-0.25, -0.2) is 4.39 Å². The van der Waals surface area contributed by atoms with E-state index in [4.69, 9.17) is 0 Å². The van der Waals surface area contributed by atoms with Crippen LogP contribution in [0.25, 0.3) is 0 Å². The fraction of sp³-hybridized carbons (Fsp3) is 0.344. The molecule has 0 aliphatic carbocycles. The summed E-state index contributed by atoms with van der Waals surface area (Å²) in [5.41, 5.74) is 4.10. The van der Waals surface area contributed by atoms with Crippen molar-refractivity contribution in [2.75, 3.05) is 29.9 Å². The molecule has 218 valence electrons. The first-order valence-electron chi connectivity index (χ1n) is 14.0. The van der Waals surface area contributed by atoms with Gasteiger partial charge in [0.15, 0.2) is 0 Å². The third-order valence-corrected chi connectivity index (χ3v) is 8.43. The van der Waals surface area contributed by atoms with Gasteiger partial charge in [0.05, 0.1) is 16.4 Å². The topological polar surface area (TPSA) is 113 Å². The Kier molecular flexibility index (Phi) is 8.06. The second-order valence-corrected chi connectivity index (χ2v) is 11.1. The number of hydrogen-bond acceptors (Lipinski definition) is 5. The van der Waals surface area contributed by atoms with Crippen LogP contribution in [-0.4, -0.2) is 47.2 Å². The predicted molar refractivity (Wildman–Crippen MR) is 157 cm³/mol. The highest BCUT2D eigenvalue weighted by atomic mass is 19.1. The summed E-state index contributed by atoms with van der Waals surface area (Å²) in [6.45, 7) is 6.46. The fourth-order valence-corrected chi connectivity index (χ4v) is 6.12. The van der Waals surface area contributed by atoms with E-state index in [1.807, 2.05) is 56.3 Å². The molecule has 2 fully saturated rings. The van der Waals surface area contributed by atoms with E-state index in [1.54, 1.807) is 9.80 Å². The summed E-state index contributed by atoms with van der Waals surface area (Å²) in [6, 6.07) is 15.5. The van der Waals surface area contributed by atoms with Gasteiger partial charge in [-0.1, -0.05) is 30.3 Å². The molecule has 2 aliphatic heterocycles. The van der Waals surface area contributed by atoms with Crippen LogP contribution in [0.3, 0.4) is 0 Å². The second kappa shape index (κ2) is 11.7. The Labute approximate surface area is 243 Å². The first kappa shape index (κ1) is 28.9. The van der Waals surface area contributed by atoms with Crippen LogP contribution >= 0.6 is 0 Å². The number of nitrogens with one attached hydrogen (secondary N) is 1. The molecule has 2 saturated heterocycles. The molecule has 1 N–H and O–H groups in total. The molecule has 0 bridgehead atoms. The van der Waals surface area contributed by atoms with E-state index in [-0.39, 0.29) is 41.0 Å². The number of nitrogens with zero attached hydrogens (tertiary/aromatic N) is 3. The van der Waals surface area contributed by atoms with Crippen molar-refractivity contribution in [3.63, 3.8) is 0 Å². The lowest BCUT2D eigenvalue weighted by Crippen LogP contribution is -2.38. The molecule has 9 nitrogen and oxygen atoms in total. The van der Waals surface area contributed by atoms with Gasteiger partial charge in [-0.15, -0.1) is 0 Å². The van der Waals surface area contributed by atoms with Crippen LogP contribution in [0.4, 0.5) is 21.5 Å². The zero-order valence-corrected chi connectivity index (χ0v) is 23.9. The number of piperidine rings is 1. The number of carbonyl (C=O) groups excluding carboxylic acids is 3. The average molecular weight is 573 g/mol. The number of nitro benzene ring substituents is 1. The summed E-state index contributed by atoms with van der Waals surface area (Å²) in [6.07, 6.45) is 1.48. The standard InChI is InChI=1S/C32H33FN4O5/c1-19-5-4-6-20(2)30(19)36-18-24(17-28(36)38)31(39)34-25-9-7-22(8-10-25)23-13-15-35(16-14-23)32(40)29-21(3)27(37(41)42)12-11-26(29)33/h4-12,23-24H,13-18H2,1-3H3,(H,34,39). The highest BCUT2D eigenvalue weighted by molar-refractivity contribution is 6.04. The Bertz CT molecular complexity index is 1540. The summed E-state index contributed by atoms with van der Waals surface area (Å²) in [4.78, 5) is 52.8. The van der Waals surface area contributed by atoms with Crippen molar-refractivity contribution < 1.29 is 23.7 Å². The number of amides is 3. The number of para-hydroxylation sites is 1. The van der Waals surface area contributed by atoms with E-state index in [2.05, 4.69) is 5.32 Å². The van der Waals surface area contributed by atoms with Crippen molar-refractivity contribution in [2.24, 2.45) is 5.92 Å². The van der Waals surface area contributed by atoms with Crippen molar-refractivity contribution >= 4 is 34.8 Å². The quantitative estimate of drug-likeness (QED) is 0.302. The van der Waals surface area contributed by atoms with Crippen LogP contribution in [0.2, 0.25) is 0 Å². The van der Waals surface area contributed by atoms with E-state index in [0.717, 1.165) is 34.5 Å². The first-order valence-corrected chi connectivity index (χ1v) is 14.0. The number of hydrogen-bond donors (Lipinski definition) is 1. The minimum Gasteiger partial charge on any atom is -0.339 e. The van der Waals surface area contributed by atoms with Crippen molar-refractivity contribution in [3.05, 3.63) is 98.3 Å². The van der Waals surface area contributed by atoms with Gasteiger partial charge in [-0.3, -0.25) is 24.5 Å². The third kappa shape index (κ3) is 5.61. The Balaban J connectivity index is 1.18. The molecule has 3 amide bonds. The summed E-state index contributed by atoms with van der Waals surface area (Å²) < 4.78 is 14.5. The van der Waals surface area contributed by atoms with Gasteiger partial charge in [0.25, 0.3) is 11.6 Å². The maximum Gasteiger partial charge on any atom is 0.273 e. The minimum atomic E-state index is -0.761. The summed E-state index contributed by atoms with van der Waals surface area (Å²) in [5.74, 6) is -1.82. The van der Waals surface area contributed by atoms with Crippen molar-refractivity contribution in [3.8, 4) is 0 Å². The molecule has 0 radical (unpaired) electrons. The Morgan fingerprint density at radius 2 is 1.62 bits per heavy atom. The van der Waals surface area contributed by atoms with Gasteiger partial charge in [0.2, 0.25) is 11.8 Å². The zero-order chi connectivity index (χ0) is 30.1. The van der Waals surface area contributed by atoms with Crippen LogP contribution in [-0.2, 0) is 9.59 Å². The number of aryl methyl sites for hydroxylation is 2. The molecule has 3 aromatic carbocycles. The van der Waals surface area contributed by atoms with Gasteiger partial charge in [0, 0.05) is 49.1 Å². The molecule has 2 aliphatic rings. The maximum absolute atomic E-state index is 14.5. The van der Waals surface area contributed by atoms with Gasteiger partial charge in [-0.05, 0) is 74.4 Å². The lowest BCUT2D eigenvalue weighted by Gasteiger charge is -2.32. The maximum atomic E-state index is 14.5. The van der Waals surface area contributed by atoms with E-state index in [9.17, 15) is 28.9 Å². The average Bonchev–Trinajstić information content (AvgIpc) is 3.34. The second-order valence-electron chi connectivity index (χ2n) is 11.1. The van der Waals surface area contributed by atoms with E-state index in [1.165, 1.54) is 6.92 Å². The lowest BCUT2D eigenvalue weighted by atomic mass is 9.89. The lowest BCUT2D eigenvalue weighted by molar-refractivity contribution is -0.385. The molecule has 2 heterocycles. The molecule has 1 atom stereocenters. The summed E-state index contributed by atoms with van der Waals surface area (Å²) in [5, 5.41) is 14.2. The fourth-order valence-electron chi connectivity index (χ4n) is 6.12. The van der Waals surface area contributed by atoms with Gasteiger partial charge < -0.3 is 15.1 Å².